The van der Waals surface area contributed by atoms with Crippen molar-refractivity contribution in [3.05, 3.63) is 92.1 Å². The number of thiazole rings is 1. The topological polar surface area (TPSA) is 71.6 Å². The Labute approximate surface area is 168 Å². The first-order valence-electron chi connectivity index (χ1n) is 8.32. The number of aromatic nitrogens is 3. The second-order valence-corrected chi connectivity index (χ2v) is 7.53. The molecule has 0 fully saturated rings. The molecule has 0 saturated carbocycles. The first-order chi connectivity index (χ1) is 13.6. The van der Waals surface area contributed by atoms with Gasteiger partial charge in [-0.25, -0.2) is 14.1 Å². The molecule has 4 aromatic rings. The summed E-state index contributed by atoms with van der Waals surface area (Å²) in [5.41, 5.74) is 1.31. The van der Waals surface area contributed by atoms with Gasteiger partial charge >= 0.3 is 0 Å². The van der Waals surface area contributed by atoms with Crippen LogP contribution in [0.25, 0.3) is 10.2 Å². The molecule has 0 aliphatic carbocycles. The Morgan fingerprint density at radius 1 is 1.21 bits per heavy atom. The SMILES string of the molecule is N#CC(c1nc2ccccc2s1)c1cnn(Cc2ccc(F)cc2)c(=O)c1Cl. The van der Waals surface area contributed by atoms with E-state index >= 15 is 0 Å². The number of nitrogens with zero attached hydrogens (tertiary/aromatic N) is 4. The number of hydrogen-bond acceptors (Lipinski definition) is 5. The van der Waals surface area contributed by atoms with E-state index in [4.69, 9.17) is 11.6 Å². The molecule has 0 aliphatic rings. The van der Waals surface area contributed by atoms with Crippen molar-refractivity contribution >= 4 is 33.2 Å². The van der Waals surface area contributed by atoms with Crippen LogP contribution in [0.1, 0.15) is 22.1 Å². The predicted molar refractivity (Wildman–Crippen MR) is 106 cm³/mol. The highest BCUT2D eigenvalue weighted by atomic mass is 35.5. The smallest absolute Gasteiger partial charge is 0.266 e. The van der Waals surface area contributed by atoms with Crippen molar-refractivity contribution in [2.45, 2.75) is 12.5 Å². The lowest BCUT2D eigenvalue weighted by Gasteiger charge is -2.11. The third-order valence-electron chi connectivity index (χ3n) is 4.25. The molecule has 2 aromatic heterocycles. The van der Waals surface area contributed by atoms with Crippen molar-refractivity contribution < 1.29 is 4.39 Å². The molecule has 0 N–H and O–H groups in total. The zero-order chi connectivity index (χ0) is 19.7. The van der Waals surface area contributed by atoms with Crippen molar-refractivity contribution in [3.8, 4) is 6.07 Å². The van der Waals surface area contributed by atoms with Gasteiger partial charge in [-0.15, -0.1) is 11.3 Å². The first kappa shape index (κ1) is 18.3. The van der Waals surface area contributed by atoms with E-state index in [9.17, 15) is 14.4 Å². The number of rotatable bonds is 4. The minimum atomic E-state index is -0.787. The van der Waals surface area contributed by atoms with Crippen LogP contribution in [0.2, 0.25) is 5.02 Å². The molecule has 1 unspecified atom stereocenters. The molecule has 138 valence electrons. The lowest BCUT2D eigenvalue weighted by molar-refractivity contribution is 0.617. The molecule has 0 saturated heterocycles. The second-order valence-electron chi connectivity index (χ2n) is 6.09. The van der Waals surface area contributed by atoms with Crippen LogP contribution in [0.3, 0.4) is 0 Å². The average molecular weight is 411 g/mol. The van der Waals surface area contributed by atoms with E-state index in [0.717, 1.165) is 10.2 Å². The summed E-state index contributed by atoms with van der Waals surface area (Å²) in [6.07, 6.45) is 1.42. The quantitative estimate of drug-likeness (QED) is 0.501. The summed E-state index contributed by atoms with van der Waals surface area (Å²) in [6.45, 7) is 0.150. The molecule has 2 heterocycles. The third kappa shape index (κ3) is 3.40. The maximum atomic E-state index is 13.0. The molecule has 0 aliphatic heterocycles. The maximum Gasteiger partial charge on any atom is 0.286 e. The van der Waals surface area contributed by atoms with E-state index in [0.29, 0.717) is 16.1 Å². The van der Waals surface area contributed by atoms with E-state index in [1.807, 2.05) is 24.3 Å². The van der Waals surface area contributed by atoms with E-state index in [1.54, 1.807) is 12.1 Å². The molecule has 8 heteroatoms. The van der Waals surface area contributed by atoms with Gasteiger partial charge in [-0.3, -0.25) is 4.79 Å². The number of para-hydroxylation sites is 1. The largest absolute Gasteiger partial charge is 0.286 e. The maximum absolute atomic E-state index is 13.0. The Balaban J connectivity index is 1.71. The summed E-state index contributed by atoms with van der Waals surface area (Å²) >= 11 is 7.69. The van der Waals surface area contributed by atoms with Crippen molar-refractivity contribution in [2.75, 3.05) is 0 Å². The summed E-state index contributed by atoms with van der Waals surface area (Å²) in [7, 11) is 0. The fraction of sp³-hybridized carbons (Fsp3) is 0.100. The molecule has 0 amide bonds. The van der Waals surface area contributed by atoms with Gasteiger partial charge in [-0.2, -0.15) is 10.4 Å². The van der Waals surface area contributed by atoms with Crippen LogP contribution < -0.4 is 5.56 Å². The van der Waals surface area contributed by atoms with Gasteiger partial charge in [0.2, 0.25) is 0 Å². The van der Waals surface area contributed by atoms with Gasteiger partial charge in [0.1, 0.15) is 21.8 Å². The average Bonchev–Trinajstić information content (AvgIpc) is 3.13. The number of fused-ring (bicyclic) bond motifs is 1. The molecule has 0 spiro atoms. The normalized spacial score (nSPS) is 12.0. The molecule has 4 rings (SSSR count). The van der Waals surface area contributed by atoms with Gasteiger partial charge in [0.15, 0.2) is 0 Å². The Morgan fingerprint density at radius 2 is 1.96 bits per heavy atom. The fourth-order valence-electron chi connectivity index (χ4n) is 2.83. The highest BCUT2D eigenvalue weighted by molar-refractivity contribution is 7.18. The third-order valence-corrected chi connectivity index (χ3v) is 5.74. The van der Waals surface area contributed by atoms with Crippen LogP contribution in [0.4, 0.5) is 4.39 Å². The number of hydrogen-bond donors (Lipinski definition) is 0. The summed E-state index contributed by atoms with van der Waals surface area (Å²) in [5, 5.41) is 14.3. The first-order valence-corrected chi connectivity index (χ1v) is 9.51. The van der Waals surface area contributed by atoms with Crippen molar-refractivity contribution in [2.24, 2.45) is 0 Å². The number of halogens is 2. The Hall–Kier alpha value is -3.08. The molecule has 5 nitrogen and oxygen atoms in total. The van der Waals surface area contributed by atoms with Crippen molar-refractivity contribution in [3.63, 3.8) is 0 Å². The molecule has 28 heavy (non-hydrogen) atoms. The minimum Gasteiger partial charge on any atom is -0.266 e. The van der Waals surface area contributed by atoms with Crippen LogP contribution in [0, 0.1) is 17.1 Å². The van der Waals surface area contributed by atoms with Crippen LogP contribution in [0.5, 0.6) is 0 Å². The second kappa shape index (κ2) is 7.50. The van der Waals surface area contributed by atoms with Gasteiger partial charge in [-0.1, -0.05) is 35.9 Å². The molecule has 0 bridgehead atoms. The zero-order valence-corrected chi connectivity index (χ0v) is 15.9. The Kier molecular flexibility index (Phi) is 4.90. The summed E-state index contributed by atoms with van der Waals surface area (Å²) < 4.78 is 15.2. The molecular formula is C20H12ClFN4OS. The summed E-state index contributed by atoms with van der Waals surface area (Å²) in [4.78, 5) is 17.1. The van der Waals surface area contributed by atoms with E-state index in [2.05, 4.69) is 16.2 Å². The molecular weight excluding hydrogens is 399 g/mol. The number of benzene rings is 2. The van der Waals surface area contributed by atoms with E-state index < -0.39 is 11.5 Å². The highest BCUT2D eigenvalue weighted by Crippen LogP contribution is 2.33. The molecule has 2 aromatic carbocycles. The Bertz CT molecular complexity index is 1230. The van der Waals surface area contributed by atoms with Gasteiger partial charge < -0.3 is 0 Å². The highest BCUT2D eigenvalue weighted by Gasteiger charge is 2.23. The number of nitriles is 1. The molecule has 0 radical (unpaired) electrons. The van der Waals surface area contributed by atoms with Crippen molar-refractivity contribution in [1.29, 1.82) is 5.26 Å². The summed E-state index contributed by atoms with van der Waals surface area (Å²) in [5.74, 6) is -1.14. The molecule has 1 atom stereocenters. The minimum absolute atomic E-state index is 0.0667. The van der Waals surface area contributed by atoms with Gasteiger partial charge in [0, 0.05) is 5.56 Å². The van der Waals surface area contributed by atoms with E-state index in [-0.39, 0.29) is 17.4 Å². The van der Waals surface area contributed by atoms with Crippen LogP contribution >= 0.6 is 22.9 Å². The predicted octanol–water partition coefficient (Wildman–Crippen LogP) is 4.35. The van der Waals surface area contributed by atoms with E-state index in [1.165, 1.54) is 34.3 Å². The van der Waals surface area contributed by atoms with Gasteiger partial charge in [-0.05, 0) is 29.8 Å². The standard InChI is InChI=1S/C20H12ClFN4OS/c21-18-15(14(9-23)19-25-16-3-1-2-4-17(16)28-19)10-24-26(20(18)27)11-12-5-7-13(22)8-6-12/h1-8,10,14H,11H2. The van der Waals surface area contributed by atoms with Crippen LogP contribution in [-0.2, 0) is 6.54 Å². The van der Waals surface area contributed by atoms with Crippen LogP contribution in [0.15, 0.2) is 59.5 Å². The van der Waals surface area contributed by atoms with Gasteiger partial charge in [0.05, 0.1) is 29.0 Å². The zero-order valence-electron chi connectivity index (χ0n) is 14.3. The van der Waals surface area contributed by atoms with Crippen LogP contribution in [-0.4, -0.2) is 14.8 Å². The fourth-order valence-corrected chi connectivity index (χ4v) is 4.11. The summed E-state index contributed by atoms with van der Waals surface area (Å²) in [6, 6.07) is 15.5. The monoisotopic (exact) mass is 410 g/mol. The lowest BCUT2D eigenvalue weighted by Crippen LogP contribution is -2.25. The lowest BCUT2D eigenvalue weighted by atomic mass is 10.0. The Morgan fingerprint density at radius 3 is 2.68 bits per heavy atom. The van der Waals surface area contributed by atoms with Crippen molar-refractivity contribution in [1.82, 2.24) is 14.8 Å². The van der Waals surface area contributed by atoms with Gasteiger partial charge in [0.25, 0.3) is 5.56 Å².